The van der Waals surface area contributed by atoms with E-state index in [9.17, 15) is 9.18 Å². The molecule has 3 heteroatoms. The molecule has 1 aromatic heterocycles. The molecule has 2 rings (SSSR count). The molecule has 0 aromatic carbocycles. The van der Waals surface area contributed by atoms with E-state index in [0.717, 1.165) is 25.5 Å². The molecule has 84 valence electrons. The summed E-state index contributed by atoms with van der Waals surface area (Å²) < 4.78 is 12.9. The smallest absolute Gasteiger partial charge is 0.168 e. The van der Waals surface area contributed by atoms with Gasteiger partial charge in [0.05, 0.1) is 6.20 Å². The minimum atomic E-state index is -0.455. The number of ketones is 1. The van der Waals surface area contributed by atoms with Gasteiger partial charge in [-0.05, 0) is 31.7 Å². The molecular formula is C13H14FNO. The van der Waals surface area contributed by atoms with Crippen LogP contribution in [-0.2, 0) is 0 Å². The summed E-state index contributed by atoms with van der Waals surface area (Å²) in [6, 6.07) is 1.25. The molecule has 1 heterocycles. The largest absolute Gasteiger partial charge is 0.294 e. The van der Waals surface area contributed by atoms with E-state index in [0.29, 0.717) is 12.0 Å². The molecule has 0 saturated carbocycles. The zero-order chi connectivity index (χ0) is 11.4. The van der Waals surface area contributed by atoms with Crippen molar-refractivity contribution in [2.24, 2.45) is 0 Å². The molecule has 0 atom stereocenters. The standard InChI is InChI=1S/C13H14FNO/c14-12-7-11(8-15-9-12)13(16)6-10-4-2-1-3-5-10/h4,7-9H,1-3,5-6H2. The fourth-order valence-corrected chi connectivity index (χ4v) is 1.94. The number of halogens is 1. The molecule has 2 nitrogen and oxygen atoms in total. The number of hydrogen-bond donors (Lipinski definition) is 0. The minimum Gasteiger partial charge on any atom is -0.294 e. The van der Waals surface area contributed by atoms with Crippen LogP contribution in [0.25, 0.3) is 0 Å². The van der Waals surface area contributed by atoms with Crippen molar-refractivity contribution in [1.29, 1.82) is 0 Å². The van der Waals surface area contributed by atoms with Gasteiger partial charge in [0.1, 0.15) is 5.82 Å². The van der Waals surface area contributed by atoms with E-state index in [1.807, 2.05) is 0 Å². The van der Waals surface area contributed by atoms with E-state index >= 15 is 0 Å². The number of hydrogen-bond acceptors (Lipinski definition) is 2. The van der Waals surface area contributed by atoms with Crippen LogP contribution in [0.4, 0.5) is 4.39 Å². The summed E-state index contributed by atoms with van der Waals surface area (Å²) >= 11 is 0. The number of carbonyl (C=O) groups is 1. The van der Waals surface area contributed by atoms with Crippen LogP contribution in [0.15, 0.2) is 30.1 Å². The molecule has 1 aliphatic carbocycles. The zero-order valence-electron chi connectivity index (χ0n) is 9.08. The molecule has 0 radical (unpaired) electrons. The Morgan fingerprint density at radius 1 is 1.38 bits per heavy atom. The van der Waals surface area contributed by atoms with Gasteiger partial charge >= 0.3 is 0 Å². The average molecular weight is 219 g/mol. The molecule has 1 aliphatic rings. The van der Waals surface area contributed by atoms with E-state index in [-0.39, 0.29) is 5.78 Å². The third kappa shape index (κ3) is 2.75. The van der Waals surface area contributed by atoms with Gasteiger partial charge in [0.25, 0.3) is 0 Å². The molecule has 0 N–H and O–H groups in total. The van der Waals surface area contributed by atoms with Crippen molar-refractivity contribution in [2.75, 3.05) is 0 Å². The maximum atomic E-state index is 12.9. The lowest BCUT2D eigenvalue weighted by atomic mass is 9.94. The predicted molar refractivity (Wildman–Crippen MR) is 59.7 cm³/mol. The van der Waals surface area contributed by atoms with E-state index in [1.54, 1.807) is 0 Å². The molecule has 1 aromatic rings. The highest BCUT2D eigenvalue weighted by molar-refractivity contribution is 5.97. The molecule has 0 spiro atoms. The van der Waals surface area contributed by atoms with Gasteiger partial charge in [0, 0.05) is 18.2 Å². The van der Waals surface area contributed by atoms with Crippen molar-refractivity contribution in [3.05, 3.63) is 41.5 Å². The third-order valence-electron chi connectivity index (χ3n) is 2.80. The van der Waals surface area contributed by atoms with Gasteiger partial charge in [-0.3, -0.25) is 9.78 Å². The first-order chi connectivity index (χ1) is 7.75. The summed E-state index contributed by atoms with van der Waals surface area (Å²) in [5.41, 5.74) is 1.55. The van der Waals surface area contributed by atoms with Crippen LogP contribution >= 0.6 is 0 Å². The Balaban J connectivity index is 2.05. The molecular weight excluding hydrogens is 205 g/mol. The zero-order valence-corrected chi connectivity index (χ0v) is 9.08. The molecule has 16 heavy (non-hydrogen) atoms. The van der Waals surface area contributed by atoms with Crippen LogP contribution in [0.5, 0.6) is 0 Å². The second kappa shape index (κ2) is 5.01. The van der Waals surface area contributed by atoms with Crippen LogP contribution < -0.4 is 0 Å². The van der Waals surface area contributed by atoms with Gasteiger partial charge in [-0.25, -0.2) is 4.39 Å². The average Bonchev–Trinajstić information content (AvgIpc) is 2.30. The minimum absolute atomic E-state index is 0.0415. The van der Waals surface area contributed by atoms with Crippen LogP contribution in [0.3, 0.4) is 0 Å². The summed E-state index contributed by atoms with van der Waals surface area (Å²) in [7, 11) is 0. The van der Waals surface area contributed by atoms with E-state index in [1.165, 1.54) is 24.3 Å². The Hall–Kier alpha value is -1.51. The molecule has 0 unspecified atom stereocenters. The Morgan fingerprint density at radius 2 is 2.25 bits per heavy atom. The lowest BCUT2D eigenvalue weighted by molar-refractivity contribution is 0.0990. The van der Waals surface area contributed by atoms with Crippen molar-refractivity contribution in [2.45, 2.75) is 32.1 Å². The topological polar surface area (TPSA) is 30.0 Å². The maximum Gasteiger partial charge on any atom is 0.168 e. The first-order valence-corrected chi connectivity index (χ1v) is 5.57. The quantitative estimate of drug-likeness (QED) is 0.576. The van der Waals surface area contributed by atoms with Crippen molar-refractivity contribution in [1.82, 2.24) is 4.98 Å². The number of Topliss-reactive ketones (excluding diaryl/α,β-unsaturated/α-hetero) is 1. The first-order valence-electron chi connectivity index (χ1n) is 5.57. The summed E-state index contributed by atoms with van der Waals surface area (Å²) in [5, 5.41) is 0. The highest BCUT2D eigenvalue weighted by Gasteiger charge is 2.11. The fraction of sp³-hybridized carbons (Fsp3) is 0.385. The van der Waals surface area contributed by atoms with E-state index in [2.05, 4.69) is 11.1 Å². The van der Waals surface area contributed by atoms with E-state index in [4.69, 9.17) is 0 Å². The first kappa shape index (κ1) is 11.0. The summed E-state index contributed by atoms with van der Waals surface area (Å²) in [4.78, 5) is 15.5. The van der Waals surface area contributed by atoms with Gasteiger partial charge < -0.3 is 0 Å². The van der Waals surface area contributed by atoms with Crippen LogP contribution in [-0.4, -0.2) is 10.8 Å². The Labute approximate surface area is 94.2 Å². The van der Waals surface area contributed by atoms with Crippen molar-refractivity contribution in [3.8, 4) is 0 Å². The van der Waals surface area contributed by atoms with Gasteiger partial charge in [-0.1, -0.05) is 11.6 Å². The Bertz CT molecular complexity index is 426. The molecule has 0 bridgehead atoms. The highest BCUT2D eigenvalue weighted by atomic mass is 19.1. The fourth-order valence-electron chi connectivity index (χ4n) is 1.94. The van der Waals surface area contributed by atoms with Crippen LogP contribution in [0.2, 0.25) is 0 Å². The molecule has 0 amide bonds. The molecule has 0 aliphatic heterocycles. The number of nitrogens with zero attached hydrogens (tertiary/aromatic N) is 1. The number of rotatable bonds is 3. The second-order valence-corrected chi connectivity index (χ2v) is 4.10. The third-order valence-corrected chi connectivity index (χ3v) is 2.80. The van der Waals surface area contributed by atoms with Crippen molar-refractivity contribution >= 4 is 5.78 Å². The van der Waals surface area contributed by atoms with Crippen LogP contribution in [0, 0.1) is 5.82 Å². The normalized spacial score (nSPS) is 15.7. The number of allylic oxidation sites excluding steroid dienone is 2. The summed E-state index contributed by atoms with van der Waals surface area (Å²) in [5.74, 6) is -0.497. The van der Waals surface area contributed by atoms with E-state index < -0.39 is 5.82 Å². The van der Waals surface area contributed by atoms with Crippen molar-refractivity contribution < 1.29 is 9.18 Å². The number of pyridine rings is 1. The van der Waals surface area contributed by atoms with Crippen molar-refractivity contribution in [3.63, 3.8) is 0 Å². The highest BCUT2D eigenvalue weighted by Crippen LogP contribution is 2.21. The lowest BCUT2D eigenvalue weighted by Gasteiger charge is -2.11. The lowest BCUT2D eigenvalue weighted by Crippen LogP contribution is -2.04. The Morgan fingerprint density at radius 3 is 2.94 bits per heavy atom. The predicted octanol–water partition coefficient (Wildman–Crippen LogP) is 3.29. The molecule has 0 fully saturated rings. The summed E-state index contributed by atoms with van der Waals surface area (Å²) in [6.07, 6.45) is 9.49. The van der Waals surface area contributed by atoms with Gasteiger partial charge in [-0.2, -0.15) is 0 Å². The van der Waals surface area contributed by atoms with Gasteiger partial charge in [-0.15, -0.1) is 0 Å². The number of aromatic nitrogens is 1. The molecule has 0 saturated heterocycles. The Kier molecular flexibility index (Phi) is 3.44. The summed E-state index contributed by atoms with van der Waals surface area (Å²) in [6.45, 7) is 0. The monoisotopic (exact) mass is 219 g/mol. The van der Waals surface area contributed by atoms with Gasteiger partial charge in [0.2, 0.25) is 0 Å². The van der Waals surface area contributed by atoms with Gasteiger partial charge in [0.15, 0.2) is 5.78 Å². The second-order valence-electron chi connectivity index (χ2n) is 4.10. The maximum absolute atomic E-state index is 12.9. The van der Waals surface area contributed by atoms with Crippen LogP contribution in [0.1, 0.15) is 42.5 Å². The number of carbonyl (C=O) groups excluding carboxylic acids is 1. The SMILES string of the molecule is O=C(CC1=CCCCC1)c1cncc(F)c1.